The molecular weight excluding hydrogens is 420 g/mol. The molecule has 0 aromatic heterocycles. The summed E-state index contributed by atoms with van der Waals surface area (Å²) in [6.07, 6.45) is 2.81. The van der Waals surface area contributed by atoms with E-state index in [1.807, 2.05) is 48.5 Å². The van der Waals surface area contributed by atoms with Gasteiger partial charge in [-0.2, -0.15) is 0 Å². The number of amides is 2. The van der Waals surface area contributed by atoms with E-state index in [1.54, 1.807) is 6.07 Å². The third-order valence-electron chi connectivity index (χ3n) is 5.88. The first-order valence-electron chi connectivity index (χ1n) is 11.3. The number of likely N-dealkylation sites (N-methyl/N-ethyl adjacent to an activating group) is 1. The van der Waals surface area contributed by atoms with Crippen LogP contribution in [-0.2, 0) is 4.79 Å². The second kappa shape index (κ2) is 10.8. The zero-order chi connectivity index (χ0) is 22.3. The van der Waals surface area contributed by atoms with Gasteiger partial charge in [0, 0.05) is 43.2 Å². The maximum atomic E-state index is 12.6. The molecule has 6 nitrogen and oxygen atoms in total. The quantitative estimate of drug-likeness (QED) is 0.499. The highest BCUT2D eigenvalue weighted by molar-refractivity contribution is 8.04. The monoisotopic (exact) mass is 450 g/mol. The summed E-state index contributed by atoms with van der Waals surface area (Å²) < 4.78 is 0. The number of nitrogens with one attached hydrogen (secondary N) is 2. The largest absolute Gasteiger partial charge is 0.352 e. The average Bonchev–Trinajstić information content (AvgIpc) is 2.83. The van der Waals surface area contributed by atoms with E-state index in [4.69, 9.17) is 0 Å². The maximum Gasteiger partial charge on any atom is 0.262 e. The molecule has 2 heterocycles. The van der Waals surface area contributed by atoms with Gasteiger partial charge in [0.25, 0.3) is 11.8 Å². The van der Waals surface area contributed by atoms with Crippen molar-refractivity contribution in [2.45, 2.75) is 18.2 Å². The molecule has 168 valence electrons. The maximum absolute atomic E-state index is 12.6. The molecule has 0 bridgehead atoms. The predicted molar refractivity (Wildman–Crippen MR) is 131 cm³/mol. The zero-order valence-electron chi connectivity index (χ0n) is 18.5. The van der Waals surface area contributed by atoms with Gasteiger partial charge in [0.1, 0.15) is 0 Å². The van der Waals surface area contributed by atoms with Crippen LogP contribution in [0.5, 0.6) is 0 Å². The molecule has 1 saturated heterocycles. The number of nitrogens with zero attached hydrogens (tertiary/aromatic N) is 2. The van der Waals surface area contributed by atoms with Gasteiger partial charge in [-0.25, -0.2) is 0 Å². The van der Waals surface area contributed by atoms with Gasteiger partial charge in [0.15, 0.2) is 0 Å². The van der Waals surface area contributed by atoms with Crippen LogP contribution in [0.3, 0.4) is 0 Å². The van der Waals surface area contributed by atoms with Crippen molar-refractivity contribution >= 4 is 35.3 Å². The molecule has 0 aliphatic carbocycles. The molecule has 2 aliphatic rings. The minimum Gasteiger partial charge on any atom is -0.352 e. The number of piperazine rings is 1. The number of rotatable bonds is 7. The predicted octanol–water partition coefficient (Wildman–Crippen LogP) is 3.53. The number of hydrogen-bond donors (Lipinski definition) is 2. The highest BCUT2D eigenvalue weighted by atomic mass is 32.2. The van der Waals surface area contributed by atoms with Gasteiger partial charge < -0.3 is 20.4 Å². The number of carbonyl (C=O) groups is 2. The fourth-order valence-corrected chi connectivity index (χ4v) is 4.87. The van der Waals surface area contributed by atoms with E-state index in [9.17, 15) is 9.59 Å². The van der Waals surface area contributed by atoms with Crippen molar-refractivity contribution in [1.82, 2.24) is 15.1 Å². The molecule has 2 aromatic carbocycles. The molecular formula is C25H30N4O2S. The number of thioether (sulfide) groups is 1. The van der Waals surface area contributed by atoms with Gasteiger partial charge in [0.2, 0.25) is 0 Å². The van der Waals surface area contributed by atoms with Crippen LogP contribution in [0, 0.1) is 0 Å². The van der Waals surface area contributed by atoms with E-state index in [1.165, 1.54) is 11.8 Å². The second-order valence-corrected chi connectivity index (χ2v) is 9.16. The lowest BCUT2D eigenvalue weighted by molar-refractivity contribution is -0.112. The highest BCUT2D eigenvalue weighted by Crippen LogP contribution is 2.39. The van der Waals surface area contributed by atoms with Crippen LogP contribution in [0.25, 0.3) is 6.08 Å². The van der Waals surface area contributed by atoms with Crippen molar-refractivity contribution in [3.05, 3.63) is 64.6 Å². The molecule has 0 radical (unpaired) electrons. The minimum absolute atomic E-state index is 0.103. The van der Waals surface area contributed by atoms with Gasteiger partial charge in [0.05, 0.1) is 10.6 Å². The van der Waals surface area contributed by atoms with E-state index in [-0.39, 0.29) is 11.8 Å². The summed E-state index contributed by atoms with van der Waals surface area (Å²) in [5.74, 6) is -0.249. The first-order chi connectivity index (χ1) is 15.6. The Kier molecular flexibility index (Phi) is 7.63. The Morgan fingerprint density at radius 2 is 1.84 bits per heavy atom. The minimum atomic E-state index is -0.146. The number of fused-ring (bicyclic) bond motifs is 1. The van der Waals surface area contributed by atoms with E-state index in [0.29, 0.717) is 22.7 Å². The fraction of sp³-hybridized carbons (Fsp3) is 0.360. The van der Waals surface area contributed by atoms with Crippen LogP contribution < -0.4 is 10.6 Å². The summed E-state index contributed by atoms with van der Waals surface area (Å²) in [6.45, 7) is 9.44. The lowest BCUT2D eigenvalue weighted by atomic mass is 10.1. The Labute approximate surface area is 194 Å². The van der Waals surface area contributed by atoms with Crippen LogP contribution in [0.4, 0.5) is 5.69 Å². The molecule has 2 aliphatic heterocycles. The smallest absolute Gasteiger partial charge is 0.262 e. The number of anilines is 1. The number of benzene rings is 2. The van der Waals surface area contributed by atoms with Gasteiger partial charge in [-0.1, -0.05) is 49.0 Å². The van der Waals surface area contributed by atoms with Crippen molar-refractivity contribution < 1.29 is 9.59 Å². The van der Waals surface area contributed by atoms with Gasteiger partial charge in [-0.15, -0.1) is 0 Å². The second-order valence-electron chi connectivity index (χ2n) is 8.07. The average molecular weight is 451 g/mol. The normalized spacial score (nSPS) is 18.3. The van der Waals surface area contributed by atoms with E-state index in [0.717, 1.165) is 56.1 Å². The summed E-state index contributed by atoms with van der Waals surface area (Å²) in [4.78, 5) is 31.6. The van der Waals surface area contributed by atoms with Crippen molar-refractivity contribution in [3.63, 3.8) is 0 Å². The highest BCUT2D eigenvalue weighted by Gasteiger charge is 2.22. The molecule has 0 atom stereocenters. The zero-order valence-corrected chi connectivity index (χ0v) is 19.3. The summed E-state index contributed by atoms with van der Waals surface area (Å²) in [5, 5.41) is 5.94. The van der Waals surface area contributed by atoms with Crippen molar-refractivity contribution in [2.24, 2.45) is 0 Å². The van der Waals surface area contributed by atoms with E-state index < -0.39 is 0 Å². The Bertz CT molecular complexity index is 985. The summed E-state index contributed by atoms with van der Waals surface area (Å²) in [7, 11) is 0. The van der Waals surface area contributed by atoms with Crippen LogP contribution >= 0.6 is 11.8 Å². The first kappa shape index (κ1) is 22.6. The Morgan fingerprint density at radius 3 is 2.59 bits per heavy atom. The summed E-state index contributed by atoms with van der Waals surface area (Å²) >= 11 is 1.43. The van der Waals surface area contributed by atoms with Crippen LogP contribution in [0.1, 0.15) is 29.3 Å². The summed E-state index contributed by atoms with van der Waals surface area (Å²) in [6, 6.07) is 15.3. The van der Waals surface area contributed by atoms with Crippen molar-refractivity contribution in [1.29, 1.82) is 0 Å². The SMILES string of the molecule is CCN1CCN(CCCNC(=O)c2ccc3c(c2)NC(=O)C(=Cc2ccccc2)S3)CC1. The first-order valence-corrected chi connectivity index (χ1v) is 12.1. The van der Waals surface area contributed by atoms with Crippen LogP contribution in [-0.4, -0.2) is 67.4 Å². The molecule has 0 unspecified atom stereocenters. The number of hydrogen-bond acceptors (Lipinski definition) is 5. The lowest BCUT2D eigenvalue weighted by Crippen LogP contribution is -2.46. The molecule has 2 aromatic rings. The molecule has 1 fully saturated rings. The third-order valence-corrected chi connectivity index (χ3v) is 6.98. The molecule has 7 heteroatoms. The molecule has 32 heavy (non-hydrogen) atoms. The van der Waals surface area contributed by atoms with Crippen molar-refractivity contribution in [2.75, 3.05) is 51.1 Å². The lowest BCUT2D eigenvalue weighted by Gasteiger charge is -2.33. The molecule has 4 rings (SSSR count). The Hall–Kier alpha value is -2.61. The molecule has 0 saturated carbocycles. The van der Waals surface area contributed by atoms with E-state index >= 15 is 0 Å². The van der Waals surface area contributed by atoms with Crippen LogP contribution in [0.15, 0.2) is 58.3 Å². The van der Waals surface area contributed by atoms with Gasteiger partial charge >= 0.3 is 0 Å². The Morgan fingerprint density at radius 1 is 1.09 bits per heavy atom. The molecule has 0 spiro atoms. The third kappa shape index (κ3) is 5.79. The van der Waals surface area contributed by atoms with Gasteiger partial charge in [-0.3, -0.25) is 9.59 Å². The van der Waals surface area contributed by atoms with E-state index in [2.05, 4.69) is 27.4 Å². The summed E-state index contributed by atoms with van der Waals surface area (Å²) in [5.41, 5.74) is 2.24. The van der Waals surface area contributed by atoms with Gasteiger partial charge in [-0.05, 0) is 49.3 Å². The molecule has 2 amide bonds. The Balaban J connectivity index is 1.29. The topological polar surface area (TPSA) is 64.7 Å². The number of carbonyl (C=O) groups excluding carboxylic acids is 2. The van der Waals surface area contributed by atoms with Crippen LogP contribution in [0.2, 0.25) is 0 Å². The molecule has 2 N–H and O–H groups in total. The standard InChI is InChI=1S/C25H30N4O2S/c1-2-28-13-15-29(16-14-28)12-6-11-26-24(30)20-9-10-22-21(18-20)27-25(31)23(32-22)17-19-7-4-3-5-8-19/h3-5,7-10,17-18H,2,6,11-16H2,1H3,(H,26,30)(H,27,31). The van der Waals surface area contributed by atoms with Crippen molar-refractivity contribution in [3.8, 4) is 0 Å². The fourth-order valence-electron chi connectivity index (χ4n) is 3.94.